The van der Waals surface area contributed by atoms with Crippen LogP contribution in [0.2, 0.25) is 0 Å². The second kappa shape index (κ2) is 25.9. The molecule has 1 spiro atoms. The van der Waals surface area contributed by atoms with Crippen LogP contribution in [-0.4, -0.2) is 160 Å². The zero-order valence-corrected chi connectivity index (χ0v) is 46.2. The van der Waals surface area contributed by atoms with Crippen LogP contribution in [0.1, 0.15) is 72.4 Å². The van der Waals surface area contributed by atoms with E-state index in [1.54, 1.807) is 18.2 Å². The highest BCUT2D eigenvalue weighted by Crippen LogP contribution is 2.48. The molecule has 6 aromatic rings. The van der Waals surface area contributed by atoms with Crippen molar-refractivity contribution in [3.8, 4) is 39.8 Å². The fourth-order valence-electron chi connectivity index (χ4n) is 10.8. The molecular weight excluding hydrogens is 951 g/mol. The van der Waals surface area contributed by atoms with Gasteiger partial charge in [0.1, 0.15) is 23.4 Å². The number of phenols is 2. The fourth-order valence-corrected chi connectivity index (χ4v) is 10.8. The maximum atomic E-state index is 10.3. The Bertz CT molecular complexity index is 2790. The van der Waals surface area contributed by atoms with E-state index in [2.05, 4.69) is 118 Å². The van der Waals surface area contributed by atoms with Gasteiger partial charge in [0, 0.05) is 108 Å². The van der Waals surface area contributed by atoms with E-state index in [0.717, 1.165) is 122 Å². The van der Waals surface area contributed by atoms with E-state index in [-0.39, 0.29) is 23.1 Å². The third-order valence-corrected chi connectivity index (χ3v) is 15.3. The highest BCUT2D eigenvalue weighted by Gasteiger charge is 2.52. The molecule has 16 heteroatoms. The highest BCUT2D eigenvalue weighted by molar-refractivity contribution is 5.76. The lowest BCUT2D eigenvalue weighted by atomic mass is 10.1. The fraction of sp³-hybridized carbons (Fsp3) is 0.467. The smallest absolute Gasteiger partial charge is 0.169 e. The van der Waals surface area contributed by atoms with Crippen LogP contribution in [0, 0.1) is 0 Å². The molecule has 0 bridgehead atoms. The number of likely N-dealkylation sites (N-methyl/N-ethyl adjacent to an activating group) is 1. The van der Waals surface area contributed by atoms with Crippen molar-refractivity contribution in [2.75, 3.05) is 118 Å². The van der Waals surface area contributed by atoms with Crippen molar-refractivity contribution in [3.05, 3.63) is 120 Å². The van der Waals surface area contributed by atoms with Crippen molar-refractivity contribution in [3.63, 3.8) is 0 Å². The molecule has 16 nitrogen and oxygen atoms in total. The number of aromatic nitrogens is 4. The Hall–Kier alpha value is -6.72. The first kappa shape index (κ1) is 55.5. The molecule has 0 atom stereocenters. The van der Waals surface area contributed by atoms with Crippen molar-refractivity contribution in [2.45, 2.75) is 92.1 Å². The van der Waals surface area contributed by atoms with E-state index in [9.17, 15) is 10.2 Å². The summed E-state index contributed by atoms with van der Waals surface area (Å²) in [6.07, 6.45) is 2.44. The molecule has 11 rings (SSSR count). The molecule has 5 aliphatic rings. The van der Waals surface area contributed by atoms with E-state index in [1.807, 2.05) is 76.2 Å². The first-order valence-corrected chi connectivity index (χ1v) is 27.9. The van der Waals surface area contributed by atoms with Crippen molar-refractivity contribution < 1.29 is 14.9 Å². The Morgan fingerprint density at radius 3 is 1.63 bits per heavy atom. The van der Waals surface area contributed by atoms with Gasteiger partial charge >= 0.3 is 0 Å². The molecule has 4 aromatic carbocycles. The third kappa shape index (κ3) is 13.4. The summed E-state index contributed by atoms with van der Waals surface area (Å²) in [5.41, 5.74) is 20.8. The molecule has 4 saturated heterocycles. The Morgan fingerprint density at radius 1 is 0.579 bits per heavy atom. The maximum Gasteiger partial charge on any atom is 0.169 e. The molecule has 4 aliphatic heterocycles. The monoisotopic (exact) mass is 1030 g/mol. The minimum absolute atomic E-state index is 0.0875. The number of hydrogen-bond acceptors (Lipinski definition) is 16. The van der Waals surface area contributed by atoms with E-state index < -0.39 is 0 Å². The van der Waals surface area contributed by atoms with Gasteiger partial charge in [-0.15, -0.1) is 20.4 Å². The minimum atomic E-state index is 0.0875. The number of ether oxygens (including phenoxy) is 1. The molecule has 1 aliphatic carbocycles. The summed E-state index contributed by atoms with van der Waals surface area (Å²) in [4.78, 5) is 17.3. The van der Waals surface area contributed by atoms with Crippen LogP contribution in [0.15, 0.2) is 109 Å². The van der Waals surface area contributed by atoms with Crippen molar-refractivity contribution in [1.82, 2.24) is 40.0 Å². The molecule has 0 radical (unpaired) electrons. The Kier molecular flexibility index (Phi) is 18.9. The molecule has 6 heterocycles. The Labute approximate surface area is 451 Å². The number of aromatic hydroxyl groups is 2. The van der Waals surface area contributed by atoms with Crippen molar-refractivity contribution in [1.29, 1.82) is 0 Å². The lowest BCUT2D eigenvalue weighted by Gasteiger charge is -2.45. The molecule has 2 aromatic heterocycles. The molecule has 406 valence electrons. The summed E-state index contributed by atoms with van der Waals surface area (Å²) in [7, 11) is 0. The van der Waals surface area contributed by atoms with Gasteiger partial charge in [0.2, 0.25) is 0 Å². The van der Waals surface area contributed by atoms with Crippen LogP contribution >= 0.6 is 0 Å². The topological polar surface area (TPSA) is 176 Å². The predicted octanol–water partition coefficient (Wildman–Crippen LogP) is 8.71. The lowest BCUT2D eigenvalue weighted by molar-refractivity contribution is 0.104. The second-order valence-electron chi connectivity index (χ2n) is 20.4. The van der Waals surface area contributed by atoms with E-state index in [0.29, 0.717) is 40.2 Å². The van der Waals surface area contributed by atoms with E-state index in [1.165, 1.54) is 29.7 Å². The SMILES string of the molecule is CC.CC.CC(C)N1CCN(Cc2cccc(N3CCN(c4cc(-c5ccccc5O)nnc4N)CC34CC4)c2)CC1.CCN1CCN(Cc2cccc(OC3CN(c4cc(-c5ccccc5O)nnc4N)C3)c2)CC1. The van der Waals surface area contributed by atoms with Gasteiger partial charge in [0.25, 0.3) is 0 Å². The number of hydrogen-bond donors (Lipinski definition) is 4. The standard InChI is InChI=1S/C30H39N7O.C26H32N6O2.2C2H6/c1-22(2)35-14-12-34(13-15-35)20-23-6-5-7-24(18-23)37-17-16-36(21-30(37)10-11-30)27-19-26(32-33-29(27)31)25-8-3-4-9-28(25)38;1-2-30-10-12-31(13-11-30)16-19-6-5-7-20(14-19)34-21-17-32(18-21)24-15-23(28-29-26(24)27)22-8-3-4-9-25(22)33;2*1-2/h3-9,18-19,22,38H,10-17,20-21H2,1-2H3,(H2,31,33);3-9,14-15,21,33H,2,10-13,16-18H2,1H3,(H2,27,29);2*1-2H3. The largest absolute Gasteiger partial charge is 0.507 e. The Balaban J connectivity index is 0.000000190. The van der Waals surface area contributed by atoms with Gasteiger partial charge in [-0.2, -0.15) is 0 Å². The number of piperazine rings is 3. The number of nitrogens with two attached hydrogens (primary N) is 2. The second-order valence-corrected chi connectivity index (χ2v) is 20.4. The highest BCUT2D eigenvalue weighted by atomic mass is 16.5. The van der Waals surface area contributed by atoms with Crippen LogP contribution in [-0.2, 0) is 13.1 Å². The molecule has 6 N–H and O–H groups in total. The average Bonchev–Trinajstić information content (AvgIpc) is 4.21. The summed E-state index contributed by atoms with van der Waals surface area (Å²) in [5.74, 6) is 2.09. The number of nitrogen functional groups attached to an aromatic ring is 2. The number of anilines is 5. The van der Waals surface area contributed by atoms with Gasteiger partial charge < -0.3 is 46.0 Å². The third-order valence-electron chi connectivity index (χ3n) is 15.3. The first-order chi connectivity index (χ1) is 37.0. The number of para-hydroxylation sites is 2. The lowest BCUT2D eigenvalue weighted by Crippen LogP contribution is -2.55. The zero-order chi connectivity index (χ0) is 53.8. The number of rotatable bonds is 13. The van der Waals surface area contributed by atoms with Gasteiger partial charge in [0.05, 0.1) is 41.4 Å². The normalized spacial score (nSPS) is 17.9. The van der Waals surface area contributed by atoms with Crippen LogP contribution in [0.5, 0.6) is 17.2 Å². The number of phenolic OH excluding ortho intramolecular Hbond substituents is 2. The van der Waals surface area contributed by atoms with Crippen LogP contribution < -0.4 is 30.9 Å². The molecular formula is C60H83N13O3. The number of nitrogens with zero attached hydrogens (tertiary/aromatic N) is 11. The summed E-state index contributed by atoms with van der Waals surface area (Å²) in [6, 6.07) is 36.4. The summed E-state index contributed by atoms with van der Waals surface area (Å²) < 4.78 is 6.25. The molecule has 0 unspecified atom stereocenters. The molecule has 76 heavy (non-hydrogen) atoms. The van der Waals surface area contributed by atoms with Crippen LogP contribution in [0.25, 0.3) is 22.5 Å². The zero-order valence-electron chi connectivity index (χ0n) is 46.2. The summed E-state index contributed by atoms with van der Waals surface area (Å²) >= 11 is 0. The van der Waals surface area contributed by atoms with Gasteiger partial charge in [-0.05, 0) is 105 Å². The van der Waals surface area contributed by atoms with Crippen molar-refractivity contribution in [2.24, 2.45) is 0 Å². The summed E-state index contributed by atoms with van der Waals surface area (Å²) in [5, 5.41) is 37.3. The van der Waals surface area contributed by atoms with Gasteiger partial charge in [-0.3, -0.25) is 14.7 Å². The average molecular weight is 1030 g/mol. The Morgan fingerprint density at radius 2 is 1.09 bits per heavy atom. The molecule has 0 amide bonds. The quantitative estimate of drug-likeness (QED) is 0.0864. The van der Waals surface area contributed by atoms with Crippen LogP contribution in [0.3, 0.4) is 0 Å². The van der Waals surface area contributed by atoms with Gasteiger partial charge in [-0.1, -0.05) is 83.1 Å². The molecule has 1 saturated carbocycles. The predicted molar refractivity (Wildman–Crippen MR) is 310 cm³/mol. The number of benzene rings is 4. The van der Waals surface area contributed by atoms with E-state index >= 15 is 0 Å². The summed E-state index contributed by atoms with van der Waals surface area (Å²) in [6.45, 7) is 31.1. The molecule has 5 fully saturated rings. The van der Waals surface area contributed by atoms with Gasteiger partial charge in [0.15, 0.2) is 11.6 Å². The first-order valence-electron chi connectivity index (χ1n) is 27.9. The van der Waals surface area contributed by atoms with Crippen LogP contribution in [0.4, 0.5) is 28.7 Å². The minimum Gasteiger partial charge on any atom is -0.507 e. The van der Waals surface area contributed by atoms with Gasteiger partial charge in [-0.25, -0.2) is 0 Å². The van der Waals surface area contributed by atoms with E-state index in [4.69, 9.17) is 16.2 Å². The van der Waals surface area contributed by atoms with Crippen molar-refractivity contribution >= 4 is 28.7 Å². The maximum absolute atomic E-state index is 10.3.